The molecule has 27 heavy (non-hydrogen) atoms. The molecule has 0 fully saturated rings. The minimum atomic E-state index is -1.50. The van der Waals surface area contributed by atoms with Gasteiger partial charge in [-0.1, -0.05) is 72.8 Å². The fraction of sp³-hybridized carbons (Fsp3) is 0.538. The maximum atomic E-state index is 2.57. The molecule has 0 N–H and O–H groups in total. The van der Waals surface area contributed by atoms with E-state index >= 15 is 0 Å². The highest BCUT2D eigenvalue weighted by atomic mass is 28.3. The van der Waals surface area contributed by atoms with E-state index in [4.69, 9.17) is 0 Å². The van der Waals surface area contributed by atoms with Crippen LogP contribution in [0.4, 0.5) is 0 Å². The second-order valence-corrected chi connectivity index (χ2v) is 15.2. The van der Waals surface area contributed by atoms with Crippen molar-refractivity contribution >= 4 is 8.07 Å². The summed E-state index contributed by atoms with van der Waals surface area (Å²) in [6.07, 6.45) is 10.3. The summed E-state index contributed by atoms with van der Waals surface area (Å²) in [5, 5.41) is 1.81. The lowest BCUT2D eigenvalue weighted by atomic mass is 9.68. The Morgan fingerprint density at radius 1 is 0.815 bits per heavy atom. The Kier molecular flexibility index (Phi) is 5.00. The molecule has 3 rings (SSSR count). The van der Waals surface area contributed by atoms with E-state index in [0.717, 1.165) is 0 Å². The fourth-order valence-electron chi connectivity index (χ4n) is 6.22. The standard InChI is InChI=1S/C26H38Si/c1-16-17(2)19(4)24(18(16)3)26(7)21(6)20(5)23(25(26)27(8,9)10)15-22-13-11-12-14-22/h11-14,22,24H,15H2,1-10H3. The third-order valence-electron chi connectivity index (χ3n) is 7.82. The Bertz CT molecular complexity index is 824. The van der Waals surface area contributed by atoms with Crippen molar-refractivity contribution in [2.45, 2.75) is 74.5 Å². The Morgan fingerprint density at radius 2 is 1.30 bits per heavy atom. The van der Waals surface area contributed by atoms with Crippen molar-refractivity contribution in [1.29, 1.82) is 0 Å². The molecule has 1 heteroatoms. The van der Waals surface area contributed by atoms with E-state index in [1.165, 1.54) is 17.6 Å². The van der Waals surface area contributed by atoms with Gasteiger partial charge in [-0.15, -0.1) is 0 Å². The van der Waals surface area contributed by atoms with Gasteiger partial charge in [0.15, 0.2) is 0 Å². The largest absolute Gasteiger partial charge is 0.0773 e. The fourth-order valence-corrected chi connectivity index (χ4v) is 9.30. The minimum Gasteiger partial charge on any atom is -0.0773 e. The number of hydrogen-bond acceptors (Lipinski definition) is 0. The molecule has 3 aliphatic carbocycles. The van der Waals surface area contributed by atoms with Crippen LogP contribution in [0.25, 0.3) is 0 Å². The summed E-state index contributed by atoms with van der Waals surface area (Å²) in [6.45, 7) is 24.5. The van der Waals surface area contributed by atoms with Gasteiger partial charge in [0.2, 0.25) is 0 Å². The van der Waals surface area contributed by atoms with Gasteiger partial charge in [0.1, 0.15) is 0 Å². The van der Waals surface area contributed by atoms with Crippen molar-refractivity contribution in [1.82, 2.24) is 0 Å². The van der Waals surface area contributed by atoms with Crippen LogP contribution >= 0.6 is 0 Å². The summed E-state index contributed by atoms with van der Waals surface area (Å²) in [5.41, 5.74) is 11.2. The van der Waals surface area contributed by atoms with Crippen molar-refractivity contribution in [3.05, 3.63) is 68.5 Å². The summed E-state index contributed by atoms with van der Waals surface area (Å²) in [6, 6.07) is 0. The average Bonchev–Trinajstić information content (AvgIpc) is 3.20. The van der Waals surface area contributed by atoms with Crippen LogP contribution in [-0.2, 0) is 0 Å². The minimum absolute atomic E-state index is 0.142. The predicted octanol–water partition coefficient (Wildman–Crippen LogP) is 7.95. The summed E-state index contributed by atoms with van der Waals surface area (Å²) < 4.78 is 0. The van der Waals surface area contributed by atoms with Crippen LogP contribution in [0.2, 0.25) is 19.6 Å². The molecular weight excluding hydrogens is 340 g/mol. The van der Waals surface area contributed by atoms with E-state index < -0.39 is 8.07 Å². The van der Waals surface area contributed by atoms with Crippen LogP contribution in [0, 0.1) is 17.3 Å². The molecule has 0 saturated heterocycles. The molecule has 0 aliphatic heterocycles. The lowest BCUT2D eigenvalue weighted by molar-refractivity contribution is 0.393. The molecule has 0 aromatic heterocycles. The van der Waals surface area contributed by atoms with Crippen LogP contribution in [0.15, 0.2) is 68.5 Å². The van der Waals surface area contributed by atoms with Gasteiger partial charge in [-0.25, -0.2) is 0 Å². The van der Waals surface area contributed by atoms with Gasteiger partial charge in [0.05, 0.1) is 8.07 Å². The molecule has 0 radical (unpaired) electrons. The van der Waals surface area contributed by atoms with Crippen molar-refractivity contribution in [3.8, 4) is 0 Å². The van der Waals surface area contributed by atoms with Gasteiger partial charge < -0.3 is 0 Å². The maximum absolute atomic E-state index is 2.57. The second kappa shape index (κ2) is 6.62. The molecule has 0 amide bonds. The van der Waals surface area contributed by atoms with Gasteiger partial charge in [-0.3, -0.25) is 0 Å². The topological polar surface area (TPSA) is 0 Å². The van der Waals surface area contributed by atoms with Crippen molar-refractivity contribution in [3.63, 3.8) is 0 Å². The van der Waals surface area contributed by atoms with Crippen molar-refractivity contribution in [2.75, 3.05) is 0 Å². The van der Waals surface area contributed by atoms with E-state index in [-0.39, 0.29) is 5.41 Å². The third kappa shape index (κ3) is 2.94. The second-order valence-electron chi connectivity index (χ2n) is 10.2. The van der Waals surface area contributed by atoms with Crippen LogP contribution < -0.4 is 0 Å². The summed E-state index contributed by atoms with van der Waals surface area (Å²) in [4.78, 5) is 0. The first-order valence-electron chi connectivity index (χ1n) is 10.5. The normalized spacial score (nSPS) is 27.5. The van der Waals surface area contributed by atoms with E-state index in [9.17, 15) is 0 Å². The van der Waals surface area contributed by atoms with Gasteiger partial charge in [-0.2, -0.15) is 0 Å². The summed E-state index contributed by atoms with van der Waals surface area (Å²) in [5.74, 6) is 1.10. The summed E-state index contributed by atoms with van der Waals surface area (Å²) in [7, 11) is -1.50. The van der Waals surface area contributed by atoms with E-state index in [0.29, 0.717) is 11.8 Å². The molecular formula is C26H38Si. The Morgan fingerprint density at radius 3 is 1.74 bits per heavy atom. The zero-order chi connectivity index (χ0) is 20.3. The first kappa shape index (κ1) is 20.4. The Balaban J connectivity index is 2.23. The van der Waals surface area contributed by atoms with Gasteiger partial charge >= 0.3 is 0 Å². The van der Waals surface area contributed by atoms with E-state index in [1.807, 2.05) is 5.20 Å². The molecule has 1 atom stereocenters. The van der Waals surface area contributed by atoms with Crippen LogP contribution in [0.3, 0.4) is 0 Å². The maximum Gasteiger partial charge on any atom is 0.0740 e. The SMILES string of the molecule is CC1=C(C)C(C2(C)C(C)=C(C)C(CC3C=CC=C3)=C2[Si](C)(C)C)C(C)=C1C. The predicted molar refractivity (Wildman–Crippen MR) is 123 cm³/mol. The van der Waals surface area contributed by atoms with Gasteiger partial charge in [0.25, 0.3) is 0 Å². The third-order valence-corrected chi connectivity index (χ3v) is 10.1. The molecule has 0 aromatic carbocycles. The van der Waals surface area contributed by atoms with Crippen LogP contribution in [0.1, 0.15) is 54.9 Å². The number of rotatable bonds is 4. The molecule has 0 heterocycles. The van der Waals surface area contributed by atoms with Crippen molar-refractivity contribution in [2.24, 2.45) is 17.3 Å². The number of allylic oxidation sites excluding steroid dienone is 12. The number of hydrogen-bond donors (Lipinski definition) is 0. The monoisotopic (exact) mass is 378 g/mol. The van der Waals surface area contributed by atoms with Crippen LogP contribution in [-0.4, -0.2) is 8.07 Å². The van der Waals surface area contributed by atoms with Gasteiger partial charge in [0, 0.05) is 11.3 Å². The first-order valence-corrected chi connectivity index (χ1v) is 14.0. The Labute approximate surface area is 168 Å². The van der Waals surface area contributed by atoms with Crippen molar-refractivity contribution < 1.29 is 0 Å². The smallest absolute Gasteiger partial charge is 0.0740 e. The highest BCUT2D eigenvalue weighted by Crippen LogP contribution is 2.61. The van der Waals surface area contributed by atoms with E-state index in [1.54, 1.807) is 27.9 Å². The zero-order valence-corrected chi connectivity index (χ0v) is 20.2. The van der Waals surface area contributed by atoms with E-state index in [2.05, 4.69) is 92.4 Å². The molecule has 146 valence electrons. The lowest BCUT2D eigenvalue weighted by Crippen LogP contribution is -2.41. The average molecular weight is 379 g/mol. The molecule has 0 nitrogen and oxygen atoms in total. The lowest BCUT2D eigenvalue weighted by Gasteiger charge is -2.44. The summed E-state index contributed by atoms with van der Waals surface area (Å²) >= 11 is 0. The highest BCUT2D eigenvalue weighted by molar-refractivity contribution is 6.83. The zero-order valence-electron chi connectivity index (χ0n) is 19.2. The highest BCUT2D eigenvalue weighted by Gasteiger charge is 2.51. The molecule has 1 unspecified atom stereocenters. The first-order chi connectivity index (χ1) is 12.4. The van der Waals surface area contributed by atoms with Crippen LogP contribution in [0.5, 0.6) is 0 Å². The molecule has 3 aliphatic rings. The molecule has 0 aromatic rings. The van der Waals surface area contributed by atoms with Gasteiger partial charge in [-0.05, 0) is 76.2 Å². The molecule has 0 spiro atoms. The Hall–Kier alpha value is -1.34. The molecule has 0 saturated carbocycles. The quantitative estimate of drug-likeness (QED) is 0.435. The molecule has 0 bridgehead atoms.